The van der Waals surface area contributed by atoms with Gasteiger partial charge in [0.15, 0.2) is 0 Å². The smallest absolute Gasteiger partial charge is 0.340 e. The number of benzene rings is 2. The molecule has 3 N–H and O–H groups in total. The van der Waals surface area contributed by atoms with E-state index in [-0.39, 0.29) is 16.5 Å². The van der Waals surface area contributed by atoms with Crippen LogP contribution < -0.4 is 10.5 Å². The number of sulfonamides is 1. The predicted octanol–water partition coefficient (Wildman–Crippen LogP) is 2.22. The Hall–Kier alpha value is -2.38. The summed E-state index contributed by atoms with van der Waals surface area (Å²) in [5.74, 6) is -0.616. The highest BCUT2D eigenvalue weighted by molar-refractivity contribution is 7.89. The molecule has 0 saturated heterocycles. The molecule has 0 amide bonds. The van der Waals surface area contributed by atoms with E-state index in [1.807, 2.05) is 12.1 Å². The topological polar surface area (TPSA) is 98.5 Å². The molecule has 0 spiro atoms. The molecule has 1 unspecified atom stereocenters. The van der Waals surface area contributed by atoms with E-state index in [0.717, 1.165) is 12.8 Å². The van der Waals surface area contributed by atoms with Crippen molar-refractivity contribution < 1.29 is 17.9 Å². The van der Waals surface area contributed by atoms with Gasteiger partial charge in [0.05, 0.1) is 23.6 Å². The summed E-state index contributed by atoms with van der Waals surface area (Å²) in [6.45, 7) is 0. The Morgan fingerprint density at radius 1 is 1.25 bits per heavy atom. The fraction of sp³-hybridized carbons (Fsp3) is 0.235. The molecule has 0 aliphatic heterocycles. The Bertz CT molecular complexity index is 893. The van der Waals surface area contributed by atoms with Crippen molar-refractivity contribution in [1.82, 2.24) is 0 Å². The first-order valence-electron chi connectivity index (χ1n) is 7.49. The second kappa shape index (κ2) is 6.26. The summed E-state index contributed by atoms with van der Waals surface area (Å²) in [4.78, 5) is 11.9. The Morgan fingerprint density at radius 2 is 2.00 bits per heavy atom. The lowest BCUT2D eigenvalue weighted by atomic mass is 10.1. The van der Waals surface area contributed by atoms with Crippen LogP contribution in [0.15, 0.2) is 47.4 Å². The van der Waals surface area contributed by atoms with Crippen LogP contribution in [0.5, 0.6) is 0 Å². The first-order valence-corrected chi connectivity index (χ1v) is 9.04. The van der Waals surface area contributed by atoms with E-state index in [2.05, 4.69) is 17.4 Å². The standard InChI is InChI=1S/C17H18N2O4S/c1-23-17(20)14-10-12(24(18,21)22)7-9-16(14)19-15-8-6-11-4-2-3-5-13(11)15/h2-5,7,9-10,15,19H,6,8H2,1H3,(H2,18,21,22). The van der Waals surface area contributed by atoms with Crippen LogP contribution in [-0.2, 0) is 21.2 Å². The van der Waals surface area contributed by atoms with Gasteiger partial charge in [-0.25, -0.2) is 18.4 Å². The second-order valence-electron chi connectivity index (χ2n) is 5.68. The van der Waals surface area contributed by atoms with Gasteiger partial charge in [-0.2, -0.15) is 0 Å². The SMILES string of the molecule is COC(=O)c1cc(S(N)(=O)=O)ccc1NC1CCc2ccccc21. The lowest BCUT2D eigenvalue weighted by molar-refractivity contribution is 0.0601. The van der Waals surface area contributed by atoms with Crippen molar-refractivity contribution in [3.05, 3.63) is 59.2 Å². The van der Waals surface area contributed by atoms with Crippen LogP contribution in [-0.4, -0.2) is 21.5 Å². The van der Waals surface area contributed by atoms with Crippen LogP contribution in [0.1, 0.15) is 33.9 Å². The summed E-state index contributed by atoms with van der Waals surface area (Å²) in [7, 11) is -2.64. The molecule has 7 heteroatoms. The number of primary sulfonamides is 1. The molecular formula is C17H18N2O4S. The van der Waals surface area contributed by atoms with Crippen molar-refractivity contribution in [3.8, 4) is 0 Å². The molecular weight excluding hydrogens is 328 g/mol. The third kappa shape index (κ3) is 3.13. The number of methoxy groups -OCH3 is 1. The third-order valence-electron chi connectivity index (χ3n) is 4.19. The first kappa shape index (κ1) is 16.5. The van der Waals surface area contributed by atoms with Gasteiger partial charge in [-0.15, -0.1) is 0 Å². The molecule has 1 atom stereocenters. The number of rotatable bonds is 4. The van der Waals surface area contributed by atoms with Crippen molar-refractivity contribution in [3.63, 3.8) is 0 Å². The van der Waals surface area contributed by atoms with Gasteiger partial charge >= 0.3 is 5.97 Å². The normalized spacial score (nSPS) is 16.5. The van der Waals surface area contributed by atoms with Crippen LogP contribution in [0.25, 0.3) is 0 Å². The molecule has 1 aliphatic carbocycles. The maximum atomic E-state index is 12.0. The quantitative estimate of drug-likeness (QED) is 0.827. The van der Waals surface area contributed by atoms with Gasteiger partial charge in [-0.3, -0.25) is 0 Å². The molecule has 2 aromatic carbocycles. The minimum absolute atomic E-state index is 0.0601. The minimum atomic E-state index is -3.90. The van der Waals surface area contributed by atoms with Gasteiger partial charge in [-0.1, -0.05) is 24.3 Å². The van der Waals surface area contributed by atoms with E-state index in [4.69, 9.17) is 9.88 Å². The van der Waals surface area contributed by atoms with Crippen molar-refractivity contribution in [2.75, 3.05) is 12.4 Å². The lowest BCUT2D eigenvalue weighted by Gasteiger charge is -2.18. The lowest BCUT2D eigenvalue weighted by Crippen LogP contribution is -2.16. The van der Waals surface area contributed by atoms with Gasteiger partial charge in [0.1, 0.15) is 0 Å². The molecule has 1 aliphatic rings. The van der Waals surface area contributed by atoms with E-state index in [0.29, 0.717) is 5.69 Å². The average Bonchev–Trinajstić information content (AvgIpc) is 2.97. The van der Waals surface area contributed by atoms with Crippen LogP contribution in [0.4, 0.5) is 5.69 Å². The number of fused-ring (bicyclic) bond motifs is 1. The van der Waals surface area contributed by atoms with Crippen LogP contribution >= 0.6 is 0 Å². The number of nitrogens with one attached hydrogen (secondary N) is 1. The number of hydrogen-bond acceptors (Lipinski definition) is 5. The first-order chi connectivity index (χ1) is 11.4. The number of nitrogens with two attached hydrogens (primary N) is 1. The molecule has 6 nitrogen and oxygen atoms in total. The maximum absolute atomic E-state index is 12.0. The van der Waals surface area contributed by atoms with Gasteiger partial charge in [0, 0.05) is 5.69 Å². The molecule has 3 rings (SSSR count). The summed E-state index contributed by atoms with van der Waals surface area (Å²) in [5.41, 5.74) is 3.13. The fourth-order valence-electron chi connectivity index (χ4n) is 3.00. The van der Waals surface area contributed by atoms with Gasteiger partial charge in [0.2, 0.25) is 10.0 Å². The van der Waals surface area contributed by atoms with Crippen LogP contribution in [0, 0.1) is 0 Å². The summed E-state index contributed by atoms with van der Waals surface area (Å²) >= 11 is 0. The third-order valence-corrected chi connectivity index (χ3v) is 5.10. The molecule has 0 aromatic heterocycles. The number of carbonyl (C=O) groups excluding carboxylic acids is 1. The van der Waals surface area contributed by atoms with Gasteiger partial charge < -0.3 is 10.1 Å². The molecule has 2 aromatic rings. The van der Waals surface area contributed by atoms with E-state index >= 15 is 0 Å². The summed E-state index contributed by atoms with van der Waals surface area (Å²) in [5, 5.41) is 8.47. The van der Waals surface area contributed by atoms with Gasteiger partial charge in [-0.05, 0) is 42.2 Å². The van der Waals surface area contributed by atoms with E-state index in [1.54, 1.807) is 6.07 Å². The van der Waals surface area contributed by atoms with Crippen molar-refractivity contribution in [2.24, 2.45) is 5.14 Å². The number of aryl methyl sites for hydroxylation is 1. The zero-order valence-electron chi connectivity index (χ0n) is 13.2. The zero-order valence-corrected chi connectivity index (χ0v) is 14.0. The molecule has 0 bridgehead atoms. The minimum Gasteiger partial charge on any atom is -0.465 e. The Balaban J connectivity index is 1.98. The fourth-order valence-corrected chi connectivity index (χ4v) is 3.54. The van der Waals surface area contributed by atoms with E-state index < -0.39 is 16.0 Å². The van der Waals surface area contributed by atoms with E-state index in [1.165, 1.54) is 30.4 Å². The number of hydrogen-bond donors (Lipinski definition) is 2. The largest absolute Gasteiger partial charge is 0.465 e. The van der Waals surface area contributed by atoms with Crippen LogP contribution in [0.2, 0.25) is 0 Å². The van der Waals surface area contributed by atoms with E-state index in [9.17, 15) is 13.2 Å². The van der Waals surface area contributed by atoms with Crippen molar-refractivity contribution >= 4 is 21.7 Å². The molecule has 0 fully saturated rings. The Labute approximate surface area is 140 Å². The highest BCUT2D eigenvalue weighted by Crippen LogP contribution is 2.35. The zero-order chi connectivity index (χ0) is 17.3. The predicted molar refractivity (Wildman–Crippen MR) is 90.3 cm³/mol. The molecule has 0 radical (unpaired) electrons. The molecule has 0 saturated carbocycles. The molecule has 24 heavy (non-hydrogen) atoms. The van der Waals surface area contributed by atoms with Gasteiger partial charge in [0.25, 0.3) is 0 Å². The number of anilines is 1. The van der Waals surface area contributed by atoms with Crippen molar-refractivity contribution in [2.45, 2.75) is 23.8 Å². The highest BCUT2D eigenvalue weighted by Gasteiger charge is 2.24. The van der Waals surface area contributed by atoms with Crippen LogP contribution in [0.3, 0.4) is 0 Å². The number of esters is 1. The monoisotopic (exact) mass is 346 g/mol. The maximum Gasteiger partial charge on any atom is 0.340 e. The summed E-state index contributed by atoms with van der Waals surface area (Å²) in [6, 6.07) is 12.3. The molecule has 0 heterocycles. The number of carbonyl (C=O) groups is 1. The summed E-state index contributed by atoms with van der Waals surface area (Å²) in [6.07, 6.45) is 1.85. The highest BCUT2D eigenvalue weighted by atomic mass is 32.2. The van der Waals surface area contributed by atoms with Crippen molar-refractivity contribution in [1.29, 1.82) is 0 Å². The Morgan fingerprint density at radius 3 is 2.71 bits per heavy atom. The Kier molecular flexibility index (Phi) is 4.29. The summed E-state index contributed by atoms with van der Waals surface area (Å²) < 4.78 is 27.8. The number of ether oxygens (including phenoxy) is 1. The second-order valence-corrected chi connectivity index (χ2v) is 7.24. The average molecular weight is 346 g/mol. The molecule has 126 valence electrons.